The first-order valence-electron chi connectivity index (χ1n) is 8.94. The van der Waals surface area contributed by atoms with Crippen molar-refractivity contribution in [1.29, 1.82) is 0 Å². The minimum absolute atomic E-state index is 0.0774. The van der Waals surface area contributed by atoms with Gasteiger partial charge in [-0.05, 0) is 46.9 Å². The molecule has 25 heavy (non-hydrogen) atoms. The first-order chi connectivity index (χ1) is 12.0. The van der Waals surface area contributed by atoms with Crippen molar-refractivity contribution >= 4 is 21.9 Å². The van der Waals surface area contributed by atoms with E-state index >= 15 is 0 Å². The summed E-state index contributed by atoms with van der Waals surface area (Å²) in [6.45, 7) is 9.01. The van der Waals surface area contributed by atoms with E-state index in [1.807, 2.05) is 12.3 Å². The number of benzene rings is 2. The molecule has 5 rings (SSSR count). The summed E-state index contributed by atoms with van der Waals surface area (Å²) in [6, 6.07) is 15.2. The van der Waals surface area contributed by atoms with Crippen LogP contribution in [0.3, 0.4) is 0 Å². The lowest BCUT2D eigenvalue weighted by Crippen LogP contribution is -2.15. The quantitative estimate of drug-likeness (QED) is 0.403. The smallest absolute Gasteiger partial charge is 0.135 e. The second-order valence-corrected chi connectivity index (χ2v) is 7.90. The normalized spacial score (nSPS) is 15.1. The van der Waals surface area contributed by atoms with Crippen LogP contribution in [0.5, 0.6) is 0 Å². The summed E-state index contributed by atoms with van der Waals surface area (Å²) >= 11 is 0. The number of rotatable bonds is 1. The fourth-order valence-corrected chi connectivity index (χ4v) is 4.35. The van der Waals surface area contributed by atoms with Crippen LogP contribution < -0.4 is 0 Å². The third-order valence-corrected chi connectivity index (χ3v) is 5.69. The maximum atomic E-state index is 6.24. The van der Waals surface area contributed by atoms with Gasteiger partial charge < -0.3 is 4.42 Å². The number of fused-ring (bicyclic) bond motifs is 7. The Morgan fingerprint density at radius 2 is 1.84 bits per heavy atom. The highest BCUT2D eigenvalue weighted by Crippen LogP contribution is 2.52. The van der Waals surface area contributed by atoms with Crippen LogP contribution in [0.1, 0.15) is 50.3 Å². The Labute approximate surface area is 147 Å². The van der Waals surface area contributed by atoms with E-state index < -0.39 is 0 Å². The van der Waals surface area contributed by atoms with Crippen LogP contribution in [0.15, 0.2) is 53.1 Å². The maximum Gasteiger partial charge on any atom is 0.135 e. The summed E-state index contributed by atoms with van der Waals surface area (Å²) in [7, 11) is 0. The van der Waals surface area contributed by atoms with Crippen LogP contribution in [-0.4, -0.2) is 4.98 Å². The Morgan fingerprint density at radius 1 is 1.00 bits per heavy atom. The molecule has 2 aromatic heterocycles. The zero-order valence-electron chi connectivity index (χ0n) is 15.1. The maximum absolute atomic E-state index is 6.24. The van der Waals surface area contributed by atoms with E-state index in [1.54, 1.807) is 0 Å². The lowest BCUT2D eigenvalue weighted by molar-refractivity contribution is 0.655. The van der Waals surface area contributed by atoms with Crippen molar-refractivity contribution in [3.8, 4) is 11.3 Å². The Morgan fingerprint density at radius 3 is 2.64 bits per heavy atom. The molecule has 0 N–H and O–H groups in total. The number of hydrogen-bond acceptors (Lipinski definition) is 2. The molecule has 0 spiro atoms. The second-order valence-electron chi connectivity index (χ2n) is 7.90. The van der Waals surface area contributed by atoms with Crippen LogP contribution in [0, 0.1) is 0 Å². The van der Waals surface area contributed by atoms with Crippen molar-refractivity contribution in [2.45, 2.75) is 39.0 Å². The van der Waals surface area contributed by atoms with Crippen molar-refractivity contribution in [3.05, 3.63) is 65.4 Å². The Kier molecular flexibility index (Phi) is 2.78. The van der Waals surface area contributed by atoms with Crippen LogP contribution in [0.4, 0.5) is 0 Å². The van der Waals surface area contributed by atoms with Crippen molar-refractivity contribution in [3.63, 3.8) is 0 Å². The Balaban J connectivity index is 1.91. The highest BCUT2D eigenvalue weighted by atomic mass is 16.3. The minimum atomic E-state index is -0.0774. The van der Waals surface area contributed by atoms with Gasteiger partial charge in [0.05, 0.1) is 5.69 Å². The first kappa shape index (κ1) is 14.7. The fourth-order valence-electron chi connectivity index (χ4n) is 4.35. The zero-order valence-corrected chi connectivity index (χ0v) is 15.1. The molecule has 2 heteroatoms. The van der Waals surface area contributed by atoms with Gasteiger partial charge in [-0.2, -0.15) is 0 Å². The highest BCUT2D eigenvalue weighted by molar-refractivity contribution is 6.10. The number of hydrogen-bond donors (Lipinski definition) is 0. The zero-order chi connectivity index (χ0) is 17.3. The summed E-state index contributed by atoms with van der Waals surface area (Å²) in [6.07, 6.45) is 1.89. The van der Waals surface area contributed by atoms with E-state index in [-0.39, 0.29) is 5.41 Å². The molecule has 2 heterocycles. The van der Waals surface area contributed by atoms with Gasteiger partial charge in [-0.1, -0.05) is 45.9 Å². The molecular weight excluding hydrogens is 306 g/mol. The standard InChI is InChI=1S/C23H21NO/c1-13(2)14-7-8-15-19(12-14)25-18-10-9-16-21(20(15)18)23(3,4)17-6-5-11-24-22(16)17/h5-13H,1-4H3. The summed E-state index contributed by atoms with van der Waals surface area (Å²) in [5.74, 6) is 0.494. The average molecular weight is 327 g/mol. The minimum Gasteiger partial charge on any atom is -0.456 e. The summed E-state index contributed by atoms with van der Waals surface area (Å²) < 4.78 is 6.24. The molecule has 0 radical (unpaired) electrons. The summed E-state index contributed by atoms with van der Waals surface area (Å²) in [4.78, 5) is 4.67. The van der Waals surface area contributed by atoms with E-state index in [9.17, 15) is 0 Å². The van der Waals surface area contributed by atoms with E-state index in [0.29, 0.717) is 5.92 Å². The van der Waals surface area contributed by atoms with Crippen LogP contribution in [0.2, 0.25) is 0 Å². The number of aromatic nitrogens is 1. The van der Waals surface area contributed by atoms with E-state index in [2.05, 4.69) is 69.1 Å². The van der Waals surface area contributed by atoms with E-state index in [0.717, 1.165) is 16.9 Å². The Bertz CT molecular complexity index is 1150. The van der Waals surface area contributed by atoms with E-state index in [4.69, 9.17) is 4.42 Å². The van der Waals surface area contributed by atoms with Gasteiger partial charge in [-0.15, -0.1) is 0 Å². The van der Waals surface area contributed by atoms with Gasteiger partial charge in [0.1, 0.15) is 11.2 Å². The molecule has 2 aromatic carbocycles. The second kappa shape index (κ2) is 4.72. The van der Waals surface area contributed by atoms with Gasteiger partial charge in [-0.3, -0.25) is 4.98 Å². The third-order valence-electron chi connectivity index (χ3n) is 5.69. The lowest BCUT2D eigenvalue weighted by atomic mass is 9.80. The molecule has 0 saturated heterocycles. The molecule has 0 atom stereocenters. The van der Waals surface area contributed by atoms with Gasteiger partial charge in [0.2, 0.25) is 0 Å². The molecule has 0 aliphatic heterocycles. The van der Waals surface area contributed by atoms with Crippen molar-refractivity contribution in [2.75, 3.05) is 0 Å². The molecule has 0 unspecified atom stereocenters. The predicted molar refractivity (Wildman–Crippen MR) is 103 cm³/mol. The van der Waals surface area contributed by atoms with Crippen molar-refractivity contribution < 1.29 is 4.42 Å². The van der Waals surface area contributed by atoms with Crippen LogP contribution in [-0.2, 0) is 5.41 Å². The Hall–Kier alpha value is -2.61. The molecule has 1 aliphatic carbocycles. The summed E-state index contributed by atoms with van der Waals surface area (Å²) in [5.41, 5.74) is 8.17. The number of nitrogens with zero attached hydrogens (tertiary/aromatic N) is 1. The van der Waals surface area contributed by atoms with Gasteiger partial charge >= 0.3 is 0 Å². The molecule has 0 bridgehead atoms. The van der Waals surface area contributed by atoms with E-state index in [1.165, 1.54) is 33.0 Å². The molecule has 0 saturated carbocycles. The average Bonchev–Trinajstić information content (AvgIpc) is 3.08. The van der Waals surface area contributed by atoms with Gasteiger partial charge in [0.15, 0.2) is 0 Å². The fraction of sp³-hybridized carbons (Fsp3) is 0.261. The molecule has 124 valence electrons. The summed E-state index contributed by atoms with van der Waals surface area (Å²) in [5, 5.41) is 2.45. The van der Waals surface area contributed by atoms with Crippen LogP contribution in [0.25, 0.3) is 33.2 Å². The highest BCUT2D eigenvalue weighted by Gasteiger charge is 2.38. The van der Waals surface area contributed by atoms with Gasteiger partial charge in [-0.25, -0.2) is 0 Å². The molecule has 4 aromatic rings. The monoisotopic (exact) mass is 327 g/mol. The largest absolute Gasteiger partial charge is 0.456 e. The van der Waals surface area contributed by atoms with Gasteiger partial charge in [0, 0.05) is 27.9 Å². The SMILES string of the molecule is CC(C)c1ccc2c(c1)oc1ccc3c(c12)C(C)(C)c1cccnc1-3. The van der Waals surface area contributed by atoms with Gasteiger partial charge in [0.25, 0.3) is 0 Å². The first-order valence-corrected chi connectivity index (χ1v) is 8.94. The lowest BCUT2D eigenvalue weighted by Gasteiger charge is -2.21. The molecular formula is C23H21NO. The molecule has 0 fully saturated rings. The number of pyridine rings is 1. The predicted octanol–water partition coefficient (Wildman–Crippen LogP) is 6.41. The molecule has 2 nitrogen and oxygen atoms in total. The van der Waals surface area contributed by atoms with Crippen molar-refractivity contribution in [1.82, 2.24) is 4.98 Å². The topological polar surface area (TPSA) is 26.0 Å². The number of furan rings is 1. The van der Waals surface area contributed by atoms with Crippen molar-refractivity contribution in [2.24, 2.45) is 0 Å². The molecule has 0 amide bonds. The third kappa shape index (κ3) is 1.82. The molecule has 1 aliphatic rings. The van der Waals surface area contributed by atoms with Crippen LogP contribution >= 0.6 is 0 Å².